The molecule has 0 bridgehead atoms. The minimum Gasteiger partial charge on any atom is -0.392 e. The van der Waals surface area contributed by atoms with Gasteiger partial charge >= 0.3 is 0 Å². The van der Waals surface area contributed by atoms with Crippen molar-refractivity contribution in [3.05, 3.63) is 48.0 Å². The van der Waals surface area contributed by atoms with Crippen LogP contribution in [0.4, 0.5) is 0 Å². The van der Waals surface area contributed by atoms with Crippen LogP contribution in [0.3, 0.4) is 0 Å². The first-order valence-electron chi connectivity index (χ1n) is 8.71. The van der Waals surface area contributed by atoms with E-state index in [-0.39, 0.29) is 18.1 Å². The van der Waals surface area contributed by atoms with Gasteiger partial charge in [0.15, 0.2) is 0 Å². The minimum atomic E-state index is -0.328. The molecule has 2 aromatic carbocycles. The van der Waals surface area contributed by atoms with Crippen molar-refractivity contribution in [1.29, 1.82) is 0 Å². The van der Waals surface area contributed by atoms with Crippen LogP contribution in [-0.4, -0.2) is 59.1 Å². The summed E-state index contributed by atoms with van der Waals surface area (Å²) in [5, 5.41) is 11.9. The number of carbonyl (C=O) groups is 1. The average Bonchev–Trinajstić information content (AvgIpc) is 2.56. The van der Waals surface area contributed by atoms with Gasteiger partial charge in [0, 0.05) is 32.2 Å². The van der Waals surface area contributed by atoms with E-state index in [9.17, 15) is 9.90 Å². The molecule has 1 fully saturated rings. The Morgan fingerprint density at radius 1 is 1.21 bits per heavy atom. The van der Waals surface area contributed by atoms with Gasteiger partial charge in [-0.05, 0) is 30.2 Å². The Morgan fingerprint density at radius 3 is 2.71 bits per heavy atom. The maximum Gasteiger partial charge on any atom is 0.227 e. The van der Waals surface area contributed by atoms with E-state index in [2.05, 4.69) is 30.0 Å². The Bertz CT molecular complexity index is 708. The van der Waals surface area contributed by atoms with Gasteiger partial charge in [-0.25, -0.2) is 0 Å². The number of hydrogen-bond acceptors (Lipinski definition) is 3. The van der Waals surface area contributed by atoms with E-state index in [1.54, 1.807) is 0 Å². The van der Waals surface area contributed by atoms with Crippen LogP contribution in [0.25, 0.3) is 10.8 Å². The summed E-state index contributed by atoms with van der Waals surface area (Å²) < 4.78 is 0. The van der Waals surface area contributed by atoms with Gasteiger partial charge in [0.05, 0.1) is 12.5 Å². The summed E-state index contributed by atoms with van der Waals surface area (Å²) in [6, 6.07) is 14.7. The summed E-state index contributed by atoms with van der Waals surface area (Å²) in [7, 11) is 0. The van der Waals surface area contributed by atoms with Gasteiger partial charge in [0.1, 0.15) is 0 Å². The lowest BCUT2D eigenvalue weighted by Gasteiger charge is -2.40. The second kappa shape index (κ2) is 7.32. The molecule has 2 aromatic rings. The highest BCUT2D eigenvalue weighted by molar-refractivity contribution is 5.90. The van der Waals surface area contributed by atoms with Gasteiger partial charge < -0.3 is 10.0 Å². The Balaban J connectivity index is 1.67. The third-order valence-corrected chi connectivity index (χ3v) is 4.84. The number of nitrogens with zero attached hydrogens (tertiary/aromatic N) is 2. The third kappa shape index (κ3) is 3.77. The monoisotopic (exact) mass is 326 g/mol. The highest BCUT2D eigenvalue weighted by atomic mass is 16.3. The lowest BCUT2D eigenvalue weighted by Crippen LogP contribution is -2.55. The van der Waals surface area contributed by atoms with Crippen molar-refractivity contribution >= 4 is 16.7 Å². The smallest absolute Gasteiger partial charge is 0.227 e. The summed E-state index contributed by atoms with van der Waals surface area (Å²) in [5.41, 5.74) is 1.09. The second-order valence-electron chi connectivity index (χ2n) is 6.85. The van der Waals surface area contributed by atoms with E-state index in [4.69, 9.17) is 0 Å². The van der Waals surface area contributed by atoms with Crippen LogP contribution in [0.5, 0.6) is 0 Å². The van der Waals surface area contributed by atoms with Gasteiger partial charge in [0.25, 0.3) is 0 Å². The molecule has 4 nitrogen and oxygen atoms in total. The molecule has 0 radical (unpaired) electrons. The fourth-order valence-corrected chi connectivity index (χ4v) is 3.55. The molecule has 0 unspecified atom stereocenters. The first-order valence-corrected chi connectivity index (χ1v) is 8.71. The second-order valence-corrected chi connectivity index (χ2v) is 6.85. The van der Waals surface area contributed by atoms with E-state index in [1.165, 1.54) is 5.39 Å². The van der Waals surface area contributed by atoms with Crippen LogP contribution in [-0.2, 0) is 11.2 Å². The first-order chi connectivity index (χ1) is 11.5. The molecule has 1 aliphatic rings. The molecule has 0 spiro atoms. The van der Waals surface area contributed by atoms with Gasteiger partial charge in [-0.15, -0.1) is 0 Å². The lowest BCUT2D eigenvalue weighted by molar-refractivity contribution is -0.133. The number of benzene rings is 2. The molecule has 1 amide bonds. The maximum atomic E-state index is 12.7. The predicted molar refractivity (Wildman–Crippen MR) is 96.9 cm³/mol. The summed E-state index contributed by atoms with van der Waals surface area (Å²) in [6.07, 6.45) is 0.121. The van der Waals surface area contributed by atoms with Crippen molar-refractivity contribution in [2.45, 2.75) is 32.4 Å². The largest absolute Gasteiger partial charge is 0.392 e. The van der Waals surface area contributed by atoms with Crippen LogP contribution in [0.1, 0.15) is 19.4 Å². The molecule has 3 rings (SSSR count). The topological polar surface area (TPSA) is 43.8 Å². The van der Waals surface area contributed by atoms with Crippen LogP contribution in [0.15, 0.2) is 42.5 Å². The molecule has 2 atom stereocenters. The number of aliphatic hydroxyl groups is 1. The molecule has 1 saturated heterocycles. The van der Waals surface area contributed by atoms with E-state index in [0.717, 1.165) is 30.6 Å². The highest BCUT2D eigenvalue weighted by Crippen LogP contribution is 2.20. The molecule has 0 aliphatic carbocycles. The molecular weight excluding hydrogens is 300 g/mol. The Kier molecular flexibility index (Phi) is 5.17. The van der Waals surface area contributed by atoms with Crippen molar-refractivity contribution in [3.63, 3.8) is 0 Å². The number of rotatable bonds is 4. The fraction of sp³-hybridized carbons (Fsp3) is 0.450. The normalized spacial score (nSPS) is 20.3. The van der Waals surface area contributed by atoms with Crippen molar-refractivity contribution < 1.29 is 9.90 Å². The van der Waals surface area contributed by atoms with Crippen molar-refractivity contribution in [2.75, 3.05) is 26.2 Å². The summed E-state index contributed by atoms with van der Waals surface area (Å²) >= 11 is 0. The van der Waals surface area contributed by atoms with Crippen LogP contribution in [0, 0.1) is 0 Å². The van der Waals surface area contributed by atoms with Gasteiger partial charge in [-0.2, -0.15) is 0 Å². The minimum absolute atomic E-state index is 0.190. The zero-order chi connectivity index (χ0) is 17.1. The molecule has 1 heterocycles. The van der Waals surface area contributed by atoms with E-state index >= 15 is 0 Å². The molecule has 128 valence electrons. The van der Waals surface area contributed by atoms with Gasteiger partial charge in [0.2, 0.25) is 5.91 Å². The molecular formula is C20H26N2O2. The number of hydrogen-bond donors (Lipinski definition) is 1. The molecule has 4 heteroatoms. The molecule has 1 N–H and O–H groups in total. The summed E-state index contributed by atoms with van der Waals surface area (Å²) in [5.74, 6) is 0.190. The number of fused-ring (bicyclic) bond motifs is 1. The van der Waals surface area contributed by atoms with Crippen LogP contribution >= 0.6 is 0 Å². The predicted octanol–water partition coefficient (Wildman–Crippen LogP) is 2.30. The molecule has 0 saturated carbocycles. The summed E-state index contributed by atoms with van der Waals surface area (Å²) in [4.78, 5) is 17.0. The third-order valence-electron chi connectivity index (χ3n) is 4.84. The lowest BCUT2D eigenvalue weighted by atomic mass is 10.0. The SMILES string of the molecule is C[C@H](O)CN1CCN(C(=O)Cc2cccc3ccccc23)C[C@@H]1C. The Labute approximate surface area is 143 Å². The zero-order valence-corrected chi connectivity index (χ0v) is 14.5. The first kappa shape index (κ1) is 16.9. The number of β-amino-alcohol motifs (C(OH)–C–C–N with tert-alkyl or cyclic N) is 1. The number of aliphatic hydroxyl groups excluding tert-OH is 1. The van der Waals surface area contributed by atoms with Crippen molar-refractivity contribution in [2.24, 2.45) is 0 Å². The standard InChI is InChI=1S/C20H26N2O2/c1-15-13-22(11-10-21(15)14-16(2)23)20(24)12-18-8-5-7-17-6-3-4-9-19(17)18/h3-9,15-16,23H,10-14H2,1-2H3/t15-,16-/m0/s1. The number of carbonyl (C=O) groups excluding carboxylic acids is 1. The van der Waals surface area contributed by atoms with Crippen molar-refractivity contribution in [3.8, 4) is 0 Å². The number of amides is 1. The highest BCUT2D eigenvalue weighted by Gasteiger charge is 2.27. The zero-order valence-electron chi connectivity index (χ0n) is 14.5. The van der Waals surface area contributed by atoms with Crippen LogP contribution in [0.2, 0.25) is 0 Å². The van der Waals surface area contributed by atoms with Crippen LogP contribution < -0.4 is 0 Å². The fourth-order valence-electron chi connectivity index (χ4n) is 3.55. The van der Waals surface area contributed by atoms with Gasteiger partial charge in [-0.3, -0.25) is 9.69 Å². The average molecular weight is 326 g/mol. The molecule has 0 aromatic heterocycles. The quantitative estimate of drug-likeness (QED) is 0.937. The van der Waals surface area contributed by atoms with E-state index in [0.29, 0.717) is 13.0 Å². The van der Waals surface area contributed by atoms with Gasteiger partial charge in [-0.1, -0.05) is 42.5 Å². The molecule has 1 aliphatic heterocycles. The number of piperazine rings is 1. The summed E-state index contributed by atoms with van der Waals surface area (Å²) in [6.45, 7) is 6.90. The van der Waals surface area contributed by atoms with Crippen molar-refractivity contribution in [1.82, 2.24) is 9.80 Å². The molecule has 24 heavy (non-hydrogen) atoms. The van der Waals surface area contributed by atoms with E-state index < -0.39 is 0 Å². The Hall–Kier alpha value is -1.91. The Morgan fingerprint density at radius 2 is 1.96 bits per heavy atom. The maximum absolute atomic E-state index is 12.7. The van der Waals surface area contributed by atoms with E-state index in [1.807, 2.05) is 36.1 Å².